The highest BCUT2D eigenvalue weighted by Gasteiger charge is 2.33. The molecular weight excluding hydrogens is 348 g/mol. The van der Waals surface area contributed by atoms with Crippen molar-refractivity contribution in [2.75, 3.05) is 26.2 Å². The molecule has 1 aromatic heterocycles. The van der Waals surface area contributed by atoms with Crippen molar-refractivity contribution in [1.29, 1.82) is 0 Å². The van der Waals surface area contributed by atoms with E-state index in [2.05, 4.69) is 6.92 Å². The second-order valence-electron chi connectivity index (χ2n) is 7.68. The van der Waals surface area contributed by atoms with Gasteiger partial charge in [0.05, 0.1) is 0 Å². The first-order valence-electron chi connectivity index (χ1n) is 9.84. The fraction of sp³-hybridized carbons (Fsp3) is 0.650. The molecule has 0 atom stereocenters. The number of hydrogen-bond donors (Lipinski definition) is 1. The molecule has 148 valence electrons. The van der Waals surface area contributed by atoms with Crippen LogP contribution in [-0.4, -0.2) is 58.9 Å². The molecule has 0 unspecified atom stereocenters. The highest BCUT2D eigenvalue weighted by molar-refractivity contribution is 5.96. The standard InChI is InChI=1S/C20H28N2O5/c1-3-16-15(20(25)26)12-17(27-16)19(24)22-10-6-14(7-11-22)18(23)21-8-4-13(2)5-9-21/h12-14H,3-11H2,1-2H3,(H,25,26). The molecule has 0 radical (unpaired) electrons. The summed E-state index contributed by atoms with van der Waals surface area (Å²) in [5, 5.41) is 9.21. The highest BCUT2D eigenvalue weighted by Crippen LogP contribution is 2.25. The van der Waals surface area contributed by atoms with Gasteiger partial charge in [-0.1, -0.05) is 13.8 Å². The molecule has 0 bridgehead atoms. The van der Waals surface area contributed by atoms with Gasteiger partial charge in [-0.25, -0.2) is 4.79 Å². The molecule has 0 saturated carbocycles. The zero-order valence-electron chi connectivity index (χ0n) is 16.1. The third kappa shape index (κ3) is 4.17. The van der Waals surface area contributed by atoms with Gasteiger partial charge in [-0.2, -0.15) is 0 Å². The summed E-state index contributed by atoms with van der Waals surface area (Å²) in [6.45, 7) is 6.67. The molecule has 2 aliphatic heterocycles. The first-order valence-corrected chi connectivity index (χ1v) is 9.84. The van der Waals surface area contributed by atoms with Gasteiger partial charge in [-0.3, -0.25) is 9.59 Å². The van der Waals surface area contributed by atoms with Gasteiger partial charge >= 0.3 is 5.97 Å². The van der Waals surface area contributed by atoms with E-state index in [4.69, 9.17) is 4.42 Å². The van der Waals surface area contributed by atoms with E-state index in [1.807, 2.05) is 4.90 Å². The van der Waals surface area contributed by atoms with E-state index >= 15 is 0 Å². The summed E-state index contributed by atoms with van der Waals surface area (Å²) in [5.41, 5.74) is 0.0465. The number of furan rings is 1. The maximum atomic E-state index is 12.7. The lowest BCUT2D eigenvalue weighted by atomic mass is 9.92. The second-order valence-corrected chi connectivity index (χ2v) is 7.68. The Balaban J connectivity index is 1.58. The lowest BCUT2D eigenvalue weighted by molar-refractivity contribution is -0.138. The third-order valence-electron chi connectivity index (χ3n) is 5.80. The number of aromatic carboxylic acids is 1. The molecule has 2 saturated heterocycles. The van der Waals surface area contributed by atoms with Crippen molar-refractivity contribution in [3.8, 4) is 0 Å². The summed E-state index contributed by atoms with van der Waals surface area (Å²) >= 11 is 0. The Labute approximate surface area is 159 Å². The highest BCUT2D eigenvalue weighted by atomic mass is 16.4. The molecule has 7 heteroatoms. The van der Waals surface area contributed by atoms with Crippen molar-refractivity contribution in [2.24, 2.45) is 11.8 Å². The molecule has 2 aliphatic rings. The number of hydrogen-bond acceptors (Lipinski definition) is 4. The van der Waals surface area contributed by atoms with Gasteiger partial charge in [-0.05, 0) is 31.6 Å². The van der Waals surface area contributed by atoms with Crippen LogP contribution in [0.15, 0.2) is 10.5 Å². The second kappa shape index (κ2) is 8.15. The van der Waals surface area contributed by atoms with E-state index in [1.54, 1.807) is 11.8 Å². The summed E-state index contributed by atoms with van der Waals surface area (Å²) in [7, 11) is 0. The topological polar surface area (TPSA) is 91.1 Å². The summed E-state index contributed by atoms with van der Waals surface area (Å²) in [4.78, 5) is 40.3. The number of carbonyl (C=O) groups excluding carboxylic acids is 2. The average Bonchev–Trinajstić information content (AvgIpc) is 3.12. The van der Waals surface area contributed by atoms with Crippen LogP contribution in [0.5, 0.6) is 0 Å². The number of likely N-dealkylation sites (tertiary alicyclic amines) is 2. The number of carboxylic acid groups (broad SMARTS) is 1. The monoisotopic (exact) mass is 376 g/mol. The molecule has 3 heterocycles. The first-order chi connectivity index (χ1) is 12.9. The Bertz CT molecular complexity index is 710. The number of rotatable bonds is 4. The smallest absolute Gasteiger partial charge is 0.339 e. The van der Waals surface area contributed by atoms with E-state index in [1.165, 1.54) is 6.07 Å². The van der Waals surface area contributed by atoms with Crippen LogP contribution in [0.4, 0.5) is 0 Å². The van der Waals surface area contributed by atoms with Crippen LogP contribution in [0.25, 0.3) is 0 Å². The van der Waals surface area contributed by atoms with Crippen molar-refractivity contribution in [3.63, 3.8) is 0 Å². The number of piperidine rings is 2. The normalized spacial score (nSPS) is 19.3. The van der Waals surface area contributed by atoms with Crippen molar-refractivity contribution < 1.29 is 23.9 Å². The van der Waals surface area contributed by atoms with Gasteiger partial charge < -0.3 is 19.3 Å². The number of carboxylic acids is 1. The summed E-state index contributed by atoms with van der Waals surface area (Å²) in [6, 6.07) is 1.32. The van der Waals surface area contributed by atoms with E-state index < -0.39 is 5.97 Å². The maximum Gasteiger partial charge on any atom is 0.339 e. The minimum Gasteiger partial charge on any atom is -0.478 e. The molecule has 1 aromatic rings. The number of amides is 2. The molecule has 1 N–H and O–H groups in total. The maximum absolute atomic E-state index is 12.7. The van der Waals surface area contributed by atoms with Gasteiger partial charge in [0, 0.05) is 44.6 Å². The molecule has 0 aromatic carbocycles. The minimum absolute atomic E-state index is 0.0279. The number of aryl methyl sites for hydroxylation is 1. The largest absolute Gasteiger partial charge is 0.478 e. The van der Waals surface area contributed by atoms with Crippen molar-refractivity contribution >= 4 is 17.8 Å². The summed E-state index contributed by atoms with van der Waals surface area (Å²) in [6.07, 6.45) is 3.83. The molecule has 2 fully saturated rings. The van der Waals surface area contributed by atoms with E-state index in [9.17, 15) is 19.5 Å². The minimum atomic E-state index is -1.09. The first kappa shape index (κ1) is 19.5. The molecular formula is C20H28N2O5. The molecule has 7 nitrogen and oxygen atoms in total. The van der Waals surface area contributed by atoms with E-state index in [0.717, 1.165) is 25.9 Å². The molecule has 3 rings (SSSR count). The van der Waals surface area contributed by atoms with Crippen LogP contribution in [-0.2, 0) is 11.2 Å². The van der Waals surface area contributed by atoms with Crippen LogP contribution in [0.3, 0.4) is 0 Å². The number of nitrogens with zero attached hydrogens (tertiary/aromatic N) is 2. The number of carbonyl (C=O) groups is 3. The van der Waals surface area contributed by atoms with Gasteiger partial charge in [0.25, 0.3) is 5.91 Å². The van der Waals surface area contributed by atoms with Gasteiger partial charge in [-0.15, -0.1) is 0 Å². The van der Waals surface area contributed by atoms with E-state index in [0.29, 0.717) is 44.0 Å². The fourth-order valence-corrected chi connectivity index (χ4v) is 3.95. The molecule has 27 heavy (non-hydrogen) atoms. The Hall–Kier alpha value is -2.31. The fourth-order valence-electron chi connectivity index (χ4n) is 3.95. The lowest BCUT2D eigenvalue weighted by Crippen LogP contribution is -2.46. The van der Waals surface area contributed by atoms with Gasteiger partial charge in [0.2, 0.25) is 5.91 Å². The zero-order chi connectivity index (χ0) is 19.6. The zero-order valence-corrected chi connectivity index (χ0v) is 16.1. The van der Waals surface area contributed by atoms with Crippen LogP contribution in [0.2, 0.25) is 0 Å². The summed E-state index contributed by atoms with van der Waals surface area (Å²) in [5.74, 6) is -0.127. The Morgan fingerprint density at radius 2 is 1.67 bits per heavy atom. The van der Waals surface area contributed by atoms with Crippen molar-refractivity contribution in [3.05, 3.63) is 23.2 Å². The Morgan fingerprint density at radius 1 is 1.07 bits per heavy atom. The Morgan fingerprint density at radius 3 is 2.19 bits per heavy atom. The molecule has 0 aliphatic carbocycles. The van der Waals surface area contributed by atoms with E-state index in [-0.39, 0.29) is 29.1 Å². The van der Waals surface area contributed by atoms with Crippen LogP contribution < -0.4 is 0 Å². The molecule has 2 amide bonds. The van der Waals surface area contributed by atoms with Crippen LogP contribution in [0.1, 0.15) is 66.2 Å². The average molecular weight is 376 g/mol. The predicted octanol–water partition coefficient (Wildman–Crippen LogP) is 2.65. The summed E-state index contributed by atoms with van der Waals surface area (Å²) < 4.78 is 5.47. The predicted molar refractivity (Wildman–Crippen MR) is 98.7 cm³/mol. The van der Waals surface area contributed by atoms with Gasteiger partial charge in [0.15, 0.2) is 5.76 Å². The Kier molecular flexibility index (Phi) is 5.87. The molecule has 0 spiro atoms. The van der Waals surface area contributed by atoms with Crippen molar-refractivity contribution in [2.45, 2.75) is 46.0 Å². The third-order valence-corrected chi connectivity index (χ3v) is 5.80. The van der Waals surface area contributed by atoms with Crippen molar-refractivity contribution in [1.82, 2.24) is 9.80 Å². The van der Waals surface area contributed by atoms with Gasteiger partial charge in [0.1, 0.15) is 11.3 Å². The van der Waals surface area contributed by atoms with Crippen LogP contribution >= 0.6 is 0 Å². The quantitative estimate of drug-likeness (QED) is 0.872. The SMILES string of the molecule is CCc1oc(C(=O)N2CCC(C(=O)N3CCC(C)CC3)CC2)cc1C(=O)O. The lowest BCUT2D eigenvalue weighted by Gasteiger charge is -2.36. The van der Waals surface area contributed by atoms with Crippen LogP contribution in [0, 0.1) is 11.8 Å².